The average Bonchev–Trinajstić information content (AvgIpc) is 3.06. The molecule has 0 amide bonds. The molecule has 1 atom stereocenters. The first-order valence-corrected chi connectivity index (χ1v) is 8.89. The van der Waals surface area contributed by atoms with E-state index in [2.05, 4.69) is 4.98 Å². The smallest absolute Gasteiger partial charge is 0.339 e. The molecule has 5 heteroatoms. The lowest BCUT2D eigenvalue weighted by Gasteiger charge is -2.13. The van der Waals surface area contributed by atoms with Crippen molar-refractivity contribution in [3.63, 3.8) is 0 Å². The van der Waals surface area contributed by atoms with Gasteiger partial charge in [0.05, 0.1) is 16.8 Å². The Labute approximate surface area is 155 Å². The van der Waals surface area contributed by atoms with Gasteiger partial charge in [-0.1, -0.05) is 41.9 Å². The molecule has 1 saturated carbocycles. The van der Waals surface area contributed by atoms with Crippen molar-refractivity contribution in [1.29, 1.82) is 0 Å². The first-order valence-electron chi connectivity index (χ1n) is 8.51. The third-order valence-corrected chi connectivity index (χ3v) is 4.83. The number of rotatable bonds is 3. The van der Waals surface area contributed by atoms with Crippen molar-refractivity contribution in [1.82, 2.24) is 4.98 Å². The van der Waals surface area contributed by atoms with E-state index >= 15 is 0 Å². The zero-order valence-electron chi connectivity index (χ0n) is 13.9. The fourth-order valence-corrected chi connectivity index (χ4v) is 3.34. The largest absolute Gasteiger partial charge is 0.451 e. The molecule has 26 heavy (non-hydrogen) atoms. The van der Waals surface area contributed by atoms with Crippen LogP contribution in [-0.4, -0.2) is 22.8 Å². The molecule has 1 aromatic heterocycles. The third kappa shape index (κ3) is 3.20. The van der Waals surface area contributed by atoms with E-state index in [1.54, 1.807) is 18.2 Å². The number of ketones is 1. The summed E-state index contributed by atoms with van der Waals surface area (Å²) in [6.45, 7) is 0. The van der Waals surface area contributed by atoms with Crippen molar-refractivity contribution in [3.05, 3.63) is 65.2 Å². The van der Waals surface area contributed by atoms with Gasteiger partial charge in [-0.15, -0.1) is 0 Å². The van der Waals surface area contributed by atoms with E-state index in [1.807, 2.05) is 36.4 Å². The number of carbonyl (C=O) groups is 2. The molecule has 0 spiro atoms. The standard InChI is InChI=1S/C21H16ClNO3/c22-14-10-8-13(9-11-14)18-12-16(15-4-1-2-5-17(15)23-18)21(25)26-20-7-3-6-19(20)24/h1-2,4-5,8-12,20H,3,6-7H2/t20-/m0/s1. The molecule has 130 valence electrons. The minimum Gasteiger partial charge on any atom is -0.451 e. The van der Waals surface area contributed by atoms with Gasteiger partial charge in [0, 0.05) is 22.4 Å². The van der Waals surface area contributed by atoms with Crippen LogP contribution in [0.5, 0.6) is 0 Å². The summed E-state index contributed by atoms with van der Waals surface area (Å²) in [6.07, 6.45) is 1.21. The molecule has 0 aliphatic heterocycles. The van der Waals surface area contributed by atoms with Crippen LogP contribution in [0, 0.1) is 0 Å². The van der Waals surface area contributed by atoms with Gasteiger partial charge >= 0.3 is 5.97 Å². The summed E-state index contributed by atoms with van der Waals surface area (Å²) in [5, 5.41) is 1.34. The molecule has 0 saturated heterocycles. The van der Waals surface area contributed by atoms with Gasteiger partial charge in [0.25, 0.3) is 0 Å². The minimum absolute atomic E-state index is 0.00497. The number of halogens is 1. The third-order valence-electron chi connectivity index (χ3n) is 4.57. The highest BCUT2D eigenvalue weighted by Gasteiger charge is 2.29. The van der Waals surface area contributed by atoms with E-state index in [9.17, 15) is 9.59 Å². The van der Waals surface area contributed by atoms with Gasteiger partial charge in [-0.3, -0.25) is 4.79 Å². The van der Waals surface area contributed by atoms with Gasteiger partial charge in [-0.2, -0.15) is 0 Å². The van der Waals surface area contributed by atoms with E-state index < -0.39 is 12.1 Å². The number of hydrogen-bond donors (Lipinski definition) is 0. The fraction of sp³-hybridized carbons (Fsp3) is 0.190. The molecule has 4 nitrogen and oxygen atoms in total. The van der Waals surface area contributed by atoms with Gasteiger partial charge < -0.3 is 4.74 Å². The second kappa shape index (κ2) is 6.89. The van der Waals surface area contributed by atoms with Crippen LogP contribution in [0.3, 0.4) is 0 Å². The van der Waals surface area contributed by atoms with Crippen LogP contribution in [-0.2, 0) is 9.53 Å². The molecule has 3 aromatic rings. The highest BCUT2D eigenvalue weighted by Crippen LogP contribution is 2.27. The van der Waals surface area contributed by atoms with Crippen LogP contribution >= 0.6 is 11.6 Å². The summed E-state index contributed by atoms with van der Waals surface area (Å²) in [5.41, 5.74) is 2.63. The molecule has 1 fully saturated rings. The van der Waals surface area contributed by atoms with Gasteiger partial charge in [-0.05, 0) is 37.1 Å². The molecule has 1 aliphatic rings. The maximum Gasteiger partial charge on any atom is 0.339 e. The van der Waals surface area contributed by atoms with Crippen LogP contribution in [0.2, 0.25) is 5.02 Å². The van der Waals surface area contributed by atoms with Crippen molar-refractivity contribution in [2.24, 2.45) is 0 Å². The molecule has 4 rings (SSSR count). The molecule has 2 aromatic carbocycles. The molecular weight excluding hydrogens is 350 g/mol. The van der Waals surface area contributed by atoms with Crippen LogP contribution in [0.1, 0.15) is 29.6 Å². The van der Waals surface area contributed by atoms with E-state index in [0.717, 1.165) is 12.0 Å². The lowest BCUT2D eigenvalue weighted by molar-refractivity contribution is -0.124. The Morgan fingerprint density at radius 3 is 2.62 bits per heavy atom. The van der Waals surface area contributed by atoms with Crippen molar-refractivity contribution in [3.8, 4) is 11.3 Å². The average molecular weight is 366 g/mol. The zero-order valence-corrected chi connectivity index (χ0v) is 14.7. The first kappa shape index (κ1) is 16.7. The number of ether oxygens (including phenoxy) is 1. The predicted octanol–water partition coefficient (Wildman–Crippen LogP) is 4.83. The minimum atomic E-state index is -0.631. The number of nitrogens with zero attached hydrogens (tertiary/aromatic N) is 1. The number of hydrogen-bond acceptors (Lipinski definition) is 4. The van der Waals surface area contributed by atoms with Gasteiger partial charge in [0.2, 0.25) is 0 Å². The van der Waals surface area contributed by atoms with Gasteiger partial charge in [-0.25, -0.2) is 9.78 Å². The number of esters is 1. The second-order valence-corrected chi connectivity index (χ2v) is 6.77. The van der Waals surface area contributed by atoms with Crippen LogP contribution in [0.25, 0.3) is 22.2 Å². The molecule has 1 heterocycles. The monoisotopic (exact) mass is 365 g/mol. The molecule has 0 bridgehead atoms. The number of para-hydroxylation sites is 1. The Kier molecular flexibility index (Phi) is 4.43. The van der Waals surface area contributed by atoms with Crippen molar-refractivity contribution in [2.45, 2.75) is 25.4 Å². The molecule has 0 N–H and O–H groups in total. The summed E-state index contributed by atoms with van der Waals surface area (Å²) in [7, 11) is 0. The van der Waals surface area contributed by atoms with Gasteiger partial charge in [0.1, 0.15) is 0 Å². The summed E-state index contributed by atoms with van der Waals surface area (Å²) >= 11 is 5.96. The number of benzene rings is 2. The normalized spacial score (nSPS) is 16.8. The topological polar surface area (TPSA) is 56.3 Å². The number of pyridine rings is 1. The molecule has 0 radical (unpaired) electrons. The van der Waals surface area contributed by atoms with Crippen LogP contribution < -0.4 is 0 Å². The summed E-state index contributed by atoms with van der Waals surface area (Å²) < 4.78 is 5.49. The SMILES string of the molecule is O=C(O[C@H]1CCCC1=O)c1cc(-c2ccc(Cl)cc2)nc2ccccc12. The Balaban J connectivity index is 1.78. The number of fused-ring (bicyclic) bond motifs is 1. The maximum atomic E-state index is 12.8. The second-order valence-electron chi connectivity index (χ2n) is 6.33. The number of Topliss-reactive ketones (excluding diaryl/α,β-unsaturated/α-hetero) is 1. The highest BCUT2D eigenvalue weighted by atomic mass is 35.5. The quantitative estimate of drug-likeness (QED) is 0.623. The highest BCUT2D eigenvalue weighted by molar-refractivity contribution is 6.30. The van der Waals surface area contributed by atoms with E-state index in [0.29, 0.717) is 40.0 Å². The van der Waals surface area contributed by atoms with E-state index in [-0.39, 0.29) is 5.78 Å². The van der Waals surface area contributed by atoms with Crippen molar-refractivity contribution < 1.29 is 14.3 Å². The van der Waals surface area contributed by atoms with Crippen LogP contribution in [0.4, 0.5) is 0 Å². The Morgan fingerprint density at radius 1 is 1.12 bits per heavy atom. The zero-order chi connectivity index (χ0) is 18.1. The van der Waals surface area contributed by atoms with Crippen LogP contribution in [0.15, 0.2) is 54.6 Å². The number of aromatic nitrogens is 1. The maximum absolute atomic E-state index is 12.8. The molecule has 1 aliphatic carbocycles. The molecule has 0 unspecified atom stereocenters. The lowest BCUT2D eigenvalue weighted by Crippen LogP contribution is -2.22. The summed E-state index contributed by atoms with van der Waals surface area (Å²) in [4.78, 5) is 29.2. The van der Waals surface area contributed by atoms with Crippen molar-refractivity contribution in [2.75, 3.05) is 0 Å². The first-order chi connectivity index (χ1) is 12.6. The van der Waals surface area contributed by atoms with E-state index in [1.165, 1.54) is 0 Å². The molecular formula is C21H16ClNO3. The summed E-state index contributed by atoms with van der Waals surface area (Å²) in [5.74, 6) is -0.492. The summed E-state index contributed by atoms with van der Waals surface area (Å²) in [6, 6.07) is 16.4. The number of carbonyl (C=O) groups excluding carboxylic acids is 2. The van der Waals surface area contributed by atoms with Gasteiger partial charge in [0.15, 0.2) is 11.9 Å². The van der Waals surface area contributed by atoms with Crippen molar-refractivity contribution >= 4 is 34.3 Å². The Bertz CT molecular complexity index is 998. The Morgan fingerprint density at radius 2 is 1.88 bits per heavy atom. The fourth-order valence-electron chi connectivity index (χ4n) is 3.21. The van der Waals surface area contributed by atoms with E-state index in [4.69, 9.17) is 16.3 Å². The predicted molar refractivity (Wildman–Crippen MR) is 100 cm³/mol. The lowest BCUT2D eigenvalue weighted by atomic mass is 10.0. The Hall–Kier alpha value is -2.72.